The molecule has 0 fully saturated rings. The SMILES string of the molecule is CCc1ccc(NS(=O)(=O)c2cc(C(=O)NCCc3cccnc3)ccc2OC)cc1. The zero-order valence-corrected chi connectivity index (χ0v) is 18.3. The second-order valence-corrected chi connectivity index (χ2v) is 8.54. The van der Waals surface area contributed by atoms with Gasteiger partial charge in [0, 0.05) is 30.2 Å². The number of ether oxygens (including phenoxy) is 1. The molecule has 1 aromatic heterocycles. The summed E-state index contributed by atoms with van der Waals surface area (Å²) in [7, 11) is -2.57. The molecule has 0 aliphatic rings. The molecule has 2 aromatic carbocycles. The minimum absolute atomic E-state index is 0.102. The molecular weight excluding hydrogens is 414 g/mol. The van der Waals surface area contributed by atoms with Crippen LogP contribution in [0.25, 0.3) is 0 Å². The number of aromatic nitrogens is 1. The van der Waals surface area contributed by atoms with Crippen molar-refractivity contribution >= 4 is 21.6 Å². The lowest BCUT2D eigenvalue weighted by Gasteiger charge is -2.13. The number of carbonyl (C=O) groups is 1. The van der Waals surface area contributed by atoms with Gasteiger partial charge in [0.05, 0.1) is 7.11 Å². The number of pyridine rings is 1. The highest BCUT2D eigenvalue weighted by Gasteiger charge is 2.22. The quantitative estimate of drug-likeness (QED) is 0.532. The van der Waals surface area contributed by atoms with E-state index in [0.29, 0.717) is 18.7 Å². The molecule has 0 saturated carbocycles. The molecule has 0 aliphatic heterocycles. The molecular formula is C23H25N3O4S. The van der Waals surface area contributed by atoms with E-state index in [-0.39, 0.29) is 22.1 Å². The van der Waals surface area contributed by atoms with Crippen molar-refractivity contribution < 1.29 is 17.9 Å². The summed E-state index contributed by atoms with van der Waals surface area (Å²) in [4.78, 5) is 16.5. The molecule has 0 bridgehead atoms. The van der Waals surface area contributed by atoms with Crippen LogP contribution in [0.15, 0.2) is 71.9 Å². The van der Waals surface area contributed by atoms with Gasteiger partial charge in [-0.15, -0.1) is 0 Å². The standard InChI is InChI=1S/C23H25N3O4S/c1-3-17-6-9-20(10-7-17)26-31(28,29)22-15-19(8-11-21(22)30-2)23(27)25-14-12-18-5-4-13-24-16-18/h4-11,13,15-16,26H,3,12,14H2,1-2H3,(H,25,27). The van der Waals surface area contributed by atoms with Crippen molar-refractivity contribution in [1.82, 2.24) is 10.3 Å². The predicted molar refractivity (Wildman–Crippen MR) is 120 cm³/mol. The molecule has 0 saturated heterocycles. The summed E-state index contributed by atoms with van der Waals surface area (Å²) in [5.74, 6) is -0.208. The largest absolute Gasteiger partial charge is 0.495 e. The van der Waals surface area contributed by atoms with Gasteiger partial charge in [-0.1, -0.05) is 25.1 Å². The van der Waals surface area contributed by atoms with Crippen molar-refractivity contribution in [2.45, 2.75) is 24.7 Å². The van der Waals surface area contributed by atoms with Gasteiger partial charge in [0.15, 0.2) is 0 Å². The summed E-state index contributed by atoms with van der Waals surface area (Å²) in [5.41, 5.74) is 2.77. The van der Waals surface area contributed by atoms with Crippen LogP contribution in [0, 0.1) is 0 Å². The zero-order valence-electron chi connectivity index (χ0n) is 17.5. The molecule has 1 amide bonds. The molecule has 162 valence electrons. The van der Waals surface area contributed by atoms with Crippen LogP contribution < -0.4 is 14.8 Å². The smallest absolute Gasteiger partial charge is 0.265 e. The van der Waals surface area contributed by atoms with Crippen LogP contribution in [-0.2, 0) is 22.9 Å². The third-order valence-corrected chi connectivity index (χ3v) is 6.15. The molecule has 0 radical (unpaired) electrons. The third-order valence-electron chi connectivity index (χ3n) is 4.75. The molecule has 3 aromatic rings. The second kappa shape index (κ2) is 10.1. The first kappa shape index (κ1) is 22.3. The monoisotopic (exact) mass is 439 g/mol. The number of hydrogen-bond acceptors (Lipinski definition) is 5. The minimum Gasteiger partial charge on any atom is -0.495 e. The number of anilines is 1. The Morgan fingerprint density at radius 1 is 1.06 bits per heavy atom. The normalized spacial score (nSPS) is 11.0. The maximum atomic E-state index is 13.0. The van der Waals surface area contributed by atoms with E-state index in [9.17, 15) is 13.2 Å². The van der Waals surface area contributed by atoms with E-state index in [2.05, 4.69) is 15.0 Å². The van der Waals surface area contributed by atoms with Crippen molar-refractivity contribution in [3.63, 3.8) is 0 Å². The number of benzene rings is 2. The van der Waals surface area contributed by atoms with Crippen LogP contribution >= 0.6 is 0 Å². The van der Waals surface area contributed by atoms with Gasteiger partial charge in [0.1, 0.15) is 10.6 Å². The van der Waals surface area contributed by atoms with Gasteiger partial charge in [0.25, 0.3) is 15.9 Å². The van der Waals surface area contributed by atoms with E-state index < -0.39 is 10.0 Å². The maximum Gasteiger partial charge on any atom is 0.265 e. The Balaban J connectivity index is 1.76. The fourth-order valence-electron chi connectivity index (χ4n) is 3.02. The first-order chi connectivity index (χ1) is 14.9. The Labute approximate surface area is 182 Å². The molecule has 2 N–H and O–H groups in total. The average molecular weight is 440 g/mol. The first-order valence-corrected chi connectivity index (χ1v) is 11.4. The molecule has 7 nitrogen and oxygen atoms in total. The molecule has 0 atom stereocenters. The fourth-order valence-corrected chi connectivity index (χ4v) is 4.27. The zero-order chi connectivity index (χ0) is 22.3. The van der Waals surface area contributed by atoms with Gasteiger partial charge >= 0.3 is 0 Å². The van der Waals surface area contributed by atoms with Crippen LogP contribution in [0.3, 0.4) is 0 Å². The highest BCUT2D eigenvalue weighted by atomic mass is 32.2. The van der Waals surface area contributed by atoms with Gasteiger partial charge in [-0.05, 0) is 60.4 Å². The third kappa shape index (κ3) is 5.82. The number of sulfonamides is 1. The molecule has 0 unspecified atom stereocenters. The highest BCUT2D eigenvalue weighted by Crippen LogP contribution is 2.27. The van der Waals surface area contributed by atoms with E-state index in [1.54, 1.807) is 24.5 Å². The Kier molecular flexibility index (Phi) is 7.25. The van der Waals surface area contributed by atoms with Crippen molar-refractivity contribution in [1.29, 1.82) is 0 Å². The minimum atomic E-state index is -3.96. The van der Waals surface area contributed by atoms with E-state index in [0.717, 1.165) is 17.5 Å². The summed E-state index contributed by atoms with van der Waals surface area (Å²) < 4.78 is 33.7. The van der Waals surface area contributed by atoms with E-state index >= 15 is 0 Å². The van der Waals surface area contributed by atoms with Gasteiger partial charge in [-0.25, -0.2) is 8.42 Å². The fraction of sp³-hybridized carbons (Fsp3) is 0.217. The average Bonchev–Trinajstić information content (AvgIpc) is 2.79. The van der Waals surface area contributed by atoms with Gasteiger partial charge < -0.3 is 10.1 Å². The number of hydrogen-bond donors (Lipinski definition) is 2. The van der Waals surface area contributed by atoms with Crippen molar-refractivity contribution in [2.24, 2.45) is 0 Å². The topological polar surface area (TPSA) is 97.4 Å². The van der Waals surface area contributed by atoms with Crippen LogP contribution in [0.5, 0.6) is 5.75 Å². The molecule has 0 aliphatic carbocycles. The molecule has 1 heterocycles. The second-order valence-electron chi connectivity index (χ2n) is 6.89. The summed E-state index contributed by atoms with van der Waals surface area (Å²) >= 11 is 0. The Bertz CT molecular complexity index is 1130. The van der Waals surface area contributed by atoms with Gasteiger partial charge in [0.2, 0.25) is 0 Å². The lowest BCUT2D eigenvalue weighted by molar-refractivity contribution is 0.0954. The number of methoxy groups -OCH3 is 1. The predicted octanol–water partition coefficient (Wildman–Crippen LogP) is 3.43. The number of rotatable bonds is 9. The number of carbonyl (C=O) groups excluding carboxylic acids is 1. The van der Waals surface area contributed by atoms with Crippen molar-refractivity contribution in [2.75, 3.05) is 18.4 Å². The van der Waals surface area contributed by atoms with Crippen LogP contribution in [0.1, 0.15) is 28.4 Å². The maximum absolute atomic E-state index is 13.0. The van der Waals surface area contributed by atoms with Crippen LogP contribution in [-0.4, -0.2) is 33.0 Å². The number of aryl methyl sites for hydroxylation is 1. The van der Waals surface area contributed by atoms with Crippen molar-refractivity contribution in [3.8, 4) is 5.75 Å². The van der Waals surface area contributed by atoms with Crippen LogP contribution in [0.2, 0.25) is 0 Å². The van der Waals surface area contributed by atoms with E-state index in [1.807, 2.05) is 31.2 Å². The lowest BCUT2D eigenvalue weighted by Crippen LogP contribution is -2.26. The summed E-state index contributed by atoms with van der Waals surface area (Å²) in [6.07, 6.45) is 4.91. The molecule has 31 heavy (non-hydrogen) atoms. The Morgan fingerprint density at radius 2 is 1.84 bits per heavy atom. The van der Waals surface area contributed by atoms with Crippen LogP contribution in [0.4, 0.5) is 5.69 Å². The Morgan fingerprint density at radius 3 is 2.48 bits per heavy atom. The van der Waals surface area contributed by atoms with Gasteiger partial charge in [-0.3, -0.25) is 14.5 Å². The summed E-state index contributed by atoms with van der Waals surface area (Å²) in [6, 6.07) is 15.2. The lowest BCUT2D eigenvalue weighted by atomic mass is 10.2. The van der Waals surface area contributed by atoms with E-state index in [4.69, 9.17) is 4.74 Å². The summed E-state index contributed by atoms with van der Waals surface area (Å²) in [6.45, 7) is 2.43. The first-order valence-electron chi connectivity index (χ1n) is 9.90. The molecule has 3 rings (SSSR count). The van der Waals surface area contributed by atoms with Gasteiger partial charge in [-0.2, -0.15) is 0 Å². The number of amides is 1. The van der Waals surface area contributed by atoms with E-state index in [1.165, 1.54) is 25.3 Å². The van der Waals surface area contributed by atoms with Crippen molar-refractivity contribution in [3.05, 3.63) is 83.7 Å². The Hall–Kier alpha value is -3.39. The number of nitrogens with one attached hydrogen (secondary N) is 2. The number of nitrogens with zero attached hydrogens (tertiary/aromatic N) is 1. The summed E-state index contributed by atoms with van der Waals surface area (Å²) in [5, 5.41) is 2.80. The molecule has 8 heteroatoms. The molecule has 0 spiro atoms. The highest BCUT2D eigenvalue weighted by molar-refractivity contribution is 7.92.